The van der Waals surface area contributed by atoms with Gasteiger partial charge in [-0.2, -0.15) is 9.40 Å². The summed E-state index contributed by atoms with van der Waals surface area (Å²) in [6, 6.07) is 7.53. The number of aryl methyl sites for hydroxylation is 2. The van der Waals surface area contributed by atoms with Crippen LogP contribution < -0.4 is 5.32 Å². The van der Waals surface area contributed by atoms with Gasteiger partial charge in [0, 0.05) is 24.5 Å². The van der Waals surface area contributed by atoms with Crippen LogP contribution >= 0.6 is 11.6 Å². The first kappa shape index (κ1) is 19.3. The van der Waals surface area contributed by atoms with Gasteiger partial charge in [0.15, 0.2) is 5.65 Å². The topological polar surface area (TPSA) is 97.2 Å². The number of likely N-dealkylation sites (N-methyl/N-ethyl adjacent to an activating group) is 1. The van der Waals surface area contributed by atoms with E-state index in [-0.39, 0.29) is 11.4 Å². The number of carbonyl (C=O) groups is 1. The van der Waals surface area contributed by atoms with Crippen LogP contribution in [-0.2, 0) is 21.9 Å². The van der Waals surface area contributed by atoms with Gasteiger partial charge in [0.2, 0.25) is 15.9 Å². The van der Waals surface area contributed by atoms with Crippen LogP contribution in [-0.4, -0.2) is 47.0 Å². The lowest BCUT2D eigenvalue weighted by molar-refractivity contribution is -0.116. The second-order valence-electron chi connectivity index (χ2n) is 6.07. The molecule has 0 aliphatic heterocycles. The molecule has 0 fully saturated rings. The molecule has 2 aromatic heterocycles. The SMILES string of the molecule is Cc1nn(C)c2ncc(NC(=O)CN(C)S(=O)(=O)c3ccc(Cl)cc3)cc12. The smallest absolute Gasteiger partial charge is 0.243 e. The molecule has 142 valence electrons. The molecule has 0 atom stereocenters. The number of hydrogen-bond acceptors (Lipinski definition) is 5. The monoisotopic (exact) mass is 407 g/mol. The number of aromatic nitrogens is 3. The molecule has 0 spiro atoms. The average Bonchev–Trinajstić information content (AvgIpc) is 2.89. The van der Waals surface area contributed by atoms with Gasteiger partial charge in [-0.15, -0.1) is 0 Å². The highest BCUT2D eigenvalue weighted by Crippen LogP contribution is 2.20. The summed E-state index contributed by atoms with van der Waals surface area (Å²) in [6.07, 6.45) is 1.51. The maximum atomic E-state index is 12.5. The number of hydrogen-bond donors (Lipinski definition) is 1. The number of nitrogens with zero attached hydrogens (tertiary/aromatic N) is 4. The first-order valence-corrected chi connectivity index (χ1v) is 9.81. The highest BCUT2D eigenvalue weighted by Gasteiger charge is 2.23. The number of halogens is 1. The molecule has 1 amide bonds. The maximum absolute atomic E-state index is 12.5. The molecule has 10 heteroatoms. The van der Waals surface area contributed by atoms with Gasteiger partial charge in [-0.3, -0.25) is 9.48 Å². The Morgan fingerprint density at radius 2 is 1.96 bits per heavy atom. The first-order valence-electron chi connectivity index (χ1n) is 7.99. The number of sulfonamides is 1. The summed E-state index contributed by atoms with van der Waals surface area (Å²) in [5, 5.41) is 8.19. The number of fused-ring (bicyclic) bond motifs is 1. The van der Waals surface area contributed by atoms with E-state index < -0.39 is 15.9 Å². The molecule has 0 saturated heterocycles. The molecule has 0 aliphatic rings. The van der Waals surface area contributed by atoms with Crippen molar-refractivity contribution >= 4 is 44.3 Å². The van der Waals surface area contributed by atoms with Gasteiger partial charge in [0.1, 0.15) is 0 Å². The third-order valence-corrected chi connectivity index (χ3v) is 6.10. The number of carbonyl (C=O) groups excluding carboxylic acids is 1. The number of benzene rings is 1. The van der Waals surface area contributed by atoms with Crippen molar-refractivity contribution in [3.8, 4) is 0 Å². The zero-order valence-corrected chi connectivity index (χ0v) is 16.5. The van der Waals surface area contributed by atoms with Crippen LogP contribution in [0.2, 0.25) is 5.02 Å². The number of amides is 1. The minimum atomic E-state index is -3.80. The Kier molecular flexibility index (Phi) is 5.18. The van der Waals surface area contributed by atoms with Crippen LogP contribution in [0, 0.1) is 6.92 Å². The minimum Gasteiger partial charge on any atom is -0.324 e. The van der Waals surface area contributed by atoms with E-state index in [9.17, 15) is 13.2 Å². The van der Waals surface area contributed by atoms with Crippen molar-refractivity contribution in [2.75, 3.05) is 18.9 Å². The van der Waals surface area contributed by atoms with Gasteiger partial charge in [0.05, 0.1) is 29.0 Å². The predicted octanol–water partition coefficient (Wildman–Crippen LogP) is 2.19. The van der Waals surface area contributed by atoms with E-state index in [1.165, 1.54) is 37.5 Å². The van der Waals surface area contributed by atoms with E-state index in [0.717, 1.165) is 15.4 Å². The van der Waals surface area contributed by atoms with Crippen LogP contribution in [0.1, 0.15) is 5.69 Å². The van der Waals surface area contributed by atoms with Crippen molar-refractivity contribution in [1.82, 2.24) is 19.1 Å². The quantitative estimate of drug-likeness (QED) is 0.699. The van der Waals surface area contributed by atoms with Crippen molar-refractivity contribution in [2.45, 2.75) is 11.8 Å². The lowest BCUT2D eigenvalue weighted by atomic mass is 10.2. The first-order chi connectivity index (χ1) is 12.7. The summed E-state index contributed by atoms with van der Waals surface area (Å²) in [5.41, 5.74) is 1.97. The fraction of sp³-hybridized carbons (Fsp3) is 0.235. The molecule has 3 rings (SSSR count). The van der Waals surface area contributed by atoms with Crippen molar-refractivity contribution < 1.29 is 13.2 Å². The molecule has 8 nitrogen and oxygen atoms in total. The molecule has 0 aliphatic carbocycles. The Bertz CT molecular complexity index is 1110. The molecule has 0 saturated carbocycles. The number of pyridine rings is 1. The summed E-state index contributed by atoms with van der Waals surface area (Å²) in [7, 11) is -0.664. The third-order valence-electron chi connectivity index (χ3n) is 4.03. The summed E-state index contributed by atoms with van der Waals surface area (Å²) in [6.45, 7) is 1.51. The Hall–Kier alpha value is -2.49. The van der Waals surface area contributed by atoms with E-state index in [1.54, 1.807) is 17.8 Å². The Labute approximate surface area is 161 Å². The Balaban J connectivity index is 1.73. The minimum absolute atomic E-state index is 0.0660. The fourth-order valence-corrected chi connectivity index (χ4v) is 3.90. The van der Waals surface area contributed by atoms with Crippen LogP contribution in [0.15, 0.2) is 41.4 Å². The largest absolute Gasteiger partial charge is 0.324 e. The van der Waals surface area contributed by atoms with Gasteiger partial charge in [-0.1, -0.05) is 11.6 Å². The fourth-order valence-electron chi connectivity index (χ4n) is 2.65. The highest BCUT2D eigenvalue weighted by atomic mass is 35.5. The van der Waals surface area contributed by atoms with Crippen molar-refractivity contribution in [3.63, 3.8) is 0 Å². The van der Waals surface area contributed by atoms with Gasteiger partial charge < -0.3 is 5.32 Å². The standard InChI is InChI=1S/C17H18ClN5O3S/c1-11-15-8-13(9-19-17(15)23(3)21-11)20-16(24)10-22(2)27(25,26)14-6-4-12(18)5-7-14/h4-9H,10H2,1-3H3,(H,20,24). The number of rotatable bonds is 5. The second-order valence-corrected chi connectivity index (χ2v) is 8.55. The van der Waals surface area contributed by atoms with Gasteiger partial charge in [0.25, 0.3) is 0 Å². The molecule has 1 aromatic carbocycles. The lowest BCUT2D eigenvalue weighted by Crippen LogP contribution is -2.35. The summed E-state index contributed by atoms with van der Waals surface area (Å²) in [4.78, 5) is 16.6. The highest BCUT2D eigenvalue weighted by molar-refractivity contribution is 7.89. The number of nitrogens with one attached hydrogen (secondary N) is 1. The molecule has 0 radical (unpaired) electrons. The van der Waals surface area contributed by atoms with Crippen LogP contribution in [0.4, 0.5) is 5.69 Å². The Morgan fingerprint density at radius 3 is 2.63 bits per heavy atom. The van der Waals surface area contributed by atoms with E-state index in [0.29, 0.717) is 16.4 Å². The summed E-state index contributed by atoms with van der Waals surface area (Å²) >= 11 is 5.79. The summed E-state index contributed by atoms with van der Waals surface area (Å²) < 4.78 is 27.7. The number of anilines is 1. The lowest BCUT2D eigenvalue weighted by Gasteiger charge is -2.17. The molecule has 0 bridgehead atoms. The van der Waals surface area contributed by atoms with Crippen LogP contribution in [0.25, 0.3) is 11.0 Å². The van der Waals surface area contributed by atoms with E-state index in [1.807, 2.05) is 6.92 Å². The van der Waals surface area contributed by atoms with E-state index in [4.69, 9.17) is 11.6 Å². The third kappa shape index (κ3) is 3.95. The molecule has 3 aromatic rings. The molecule has 2 heterocycles. The molecular formula is C17H18ClN5O3S. The van der Waals surface area contributed by atoms with Crippen LogP contribution in [0.5, 0.6) is 0 Å². The van der Waals surface area contributed by atoms with Crippen molar-refractivity contribution in [2.24, 2.45) is 7.05 Å². The Morgan fingerprint density at radius 1 is 1.30 bits per heavy atom. The van der Waals surface area contributed by atoms with Gasteiger partial charge in [-0.05, 0) is 37.3 Å². The zero-order chi connectivity index (χ0) is 19.8. The molecule has 27 heavy (non-hydrogen) atoms. The molecule has 1 N–H and O–H groups in total. The second kappa shape index (κ2) is 7.26. The molecular weight excluding hydrogens is 390 g/mol. The van der Waals surface area contributed by atoms with Crippen LogP contribution in [0.3, 0.4) is 0 Å². The van der Waals surface area contributed by atoms with Crippen molar-refractivity contribution in [3.05, 3.63) is 47.2 Å². The van der Waals surface area contributed by atoms with Gasteiger partial charge >= 0.3 is 0 Å². The normalized spacial score (nSPS) is 11.9. The molecule has 0 unspecified atom stereocenters. The summed E-state index contributed by atoms with van der Waals surface area (Å²) in [5.74, 6) is -0.474. The van der Waals surface area contributed by atoms with E-state index >= 15 is 0 Å². The van der Waals surface area contributed by atoms with Crippen molar-refractivity contribution in [1.29, 1.82) is 0 Å². The average molecular weight is 408 g/mol. The van der Waals surface area contributed by atoms with E-state index in [2.05, 4.69) is 15.4 Å². The predicted molar refractivity (Wildman–Crippen MR) is 103 cm³/mol. The maximum Gasteiger partial charge on any atom is 0.243 e. The zero-order valence-electron chi connectivity index (χ0n) is 15.0. The van der Waals surface area contributed by atoms with Gasteiger partial charge in [-0.25, -0.2) is 13.4 Å².